The first-order valence-corrected chi connectivity index (χ1v) is 8.72. The van der Waals surface area contributed by atoms with Crippen LogP contribution in [0.2, 0.25) is 0 Å². The maximum Gasteiger partial charge on any atom is 0.257 e. The van der Waals surface area contributed by atoms with Crippen LogP contribution in [0.5, 0.6) is 5.75 Å². The standard InChI is InChI=1S/C19H21N5O2/c1-26-15-6-2-4-13(10-15)17-16(11-22-23-17)19(25)24-9-3-5-14(12-24)18-20-7-8-21-18/h2,4,6-8,10-11,14H,3,5,9,12H2,1H3,(H,20,21)(H,22,23)/t14-/m0/s1. The number of piperidine rings is 1. The minimum Gasteiger partial charge on any atom is -0.497 e. The number of aromatic amines is 2. The normalized spacial score (nSPS) is 17.3. The number of aromatic nitrogens is 4. The lowest BCUT2D eigenvalue weighted by atomic mass is 9.96. The Bertz CT molecular complexity index is 887. The molecule has 0 radical (unpaired) electrons. The second-order valence-corrected chi connectivity index (χ2v) is 6.46. The molecule has 3 heterocycles. The van der Waals surface area contributed by atoms with E-state index in [9.17, 15) is 4.79 Å². The molecule has 0 unspecified atom stereocenters. The quantitative estimate of drug-likeness (QED) is 0.757. The van der Waals surface area contributed by atoms with Gasteiger partial charge in [0.05, 0.1) is 24.6 Å². The summed E-state index contributed by atoms with van der Waals surface area (Å²) in [5, 5.41) is 7.07. The number of imidazole rings is 1. The third-order valence-corrected chi connectivity index (χ3v) is 4.84. The molecule has 3 aromatic rings. The van der Waals surface area contributed by atoms with Crippen LogP contribution >= 0.6 is 0 Å². The summed E-state index contributed by atoms with van der Waals surface area (Å²) in [6.45, 7) is 1.41. The summed E-state index contributed by atoms with van der Waals surface area (Å²) in [6, 6.07) is 7.61. The van der Waals surface area contributed by atoms with Crippen LogP contribution < -0.4 is 4.74 Å². The number of H-pyrrole nitrogens is 2. The minimum absolute atomic E-state index is 0.00664. The van der Waals surface area contributed by atoms with Crippen molar-refractivity contribution in [1.29, 1.82) is 0 Å². The molecule has 0 saturated carbocycles. The van der Waals surface area contributed by atoms with Crippen LogP contribution in [0.3, 0.4) is 0 Å². The molecular formula is C19H21N5O2. The van der Waals surface area contributed by atoms with Crippen molar-refractivity contribution in [2.75, 3.05) is 20.2 Å². The number of methoxy groups -OCH3 is 1. The van der Waals surface area contributed by atoms with Crippen molar-refractivity contribution in [3.63, 3.8) is 0 Å². The summed E-state index contributed by atoms with van der Waals surface area (Å²) in [7, 11) is 1.63. The first-order chi connectivity index (χ1) is 12.8. The fourth-order valence-corrected chi connectivity index (χ4v) is 3.50. The molecule has 0 aliphatic carbocycles. The van der Waals surface area contributed by atoms with Crippen molar-refractivity contribution in [1.82, 2.24) is 25.1 Å². The van der Waals surface area contributed by atoms with Gasteiger partial charge in [0.25, 0.3) is 5.91 Å². The van der Waals surface area contributed by atoms with E-state index in [0.717, 1.165) is 36.5 Å². The Kier molecular flexibility index (Phi) is 4.43. The Morgan fingerprint density at radius 1 is 1.38 bits per heavy atom. The minimum atomic E-state index is -0.00664. The second-order valence-electron chi connectivity index (χ2n) is 6.46. The highest BCUT2D eigenvalue weighted by molar-refractivity contribution is 5.99. The molecule has 7 heteroatoms. The maximum absolute atomic E-state index is 13.1. The van der Waals surface area contributed by atoms with Gasteiger partial charge in [-0.15, -0.1) is 0 Å². The van der Waals surface area contributed by atoms with E-state index >= 15 is 0 Å². The largest absolute Gasteiger partial charge is 0.497 e. The number of ether oxygens (including phenoxy) is 1. The van der Waals surface area contributed by atoms with E-state index in [1.807, 2.05) is 35.4 Å². The third-order valence-electron chi connectivity index (χ3n) is 4.84. The molecule has 0 bridgehead atoms. The van der Waals surface area contributed by atoms with Crippen LogP contribution in [-0.4, -0.2) is 51.2 Å². The molecule has 1 aromatic carbocycles. The van der Waals surface area contributed by atoms with Crippen LogP contribution in [0.4, 0.5) is 0 Å². The molecule has 134 valence electrons. The highest BCUT2D eigenvalue weighted by atomic mass is 16.5. The molecule has 26 heavy (non-hydrogen) atoms. The van der Waals surface area contributed by atoms with Crippen molar-refractivity contribution in [2.24, 2.45) is 0 Å². The fraction of sp³-hybridized carbons (Fsp3) is 0.316. The van der Waals surface area contributed by atoms with Gasteiger partial charge in [-0.2, -0.15) is 5.10 Å². The molecule has 1 aliphatic rings. The zero-order chi connectivity index (χ0) is 17.9. The predicted molar refractivity (Wildman–Crippen MR) is 97.0 cm³/mol. The monoisotopic (exact) mass is 351 g/mol. The average Bonchev–Trinajstić information content (AvgIpc) is 3.39. The Labute approximate surface area is 151 Å². The molecule has 2 aromatic heterocycles. The lowest BCUT2D eigenvalue weighted by molar-refractivity contribution is 0.0705. The van der Waals surface area contributed by atoms with E-state index in [1.165, 1.54) is 0 Å². The van der Waals surface area contributed by atoms with Gasteiger partial charge < -0.3 is 14.6 Å². The van der Waals surface area contributed by atoms with Crippen molar-refractivity contribution in [3.05, 3.63) is 54.2 Å². The van der Waals surface area contributed by atoms with Crippen LogP contribution in [0.25, 0.3) is 11.3 Å². The van der Waals surface area contributed by atoms with E-state index in [2.05, 4.69) is 20.2 Å². The Hall–Kier alpha value is -3.09. The van der Waals surface area contributed by atoms with Crippen LogP contribution in [-0.2, 0) is 0 Å². The Balaban J connectivity index is 1.58. The highest BCUT2D eigenvalue weighted by Gasteiger charge is 2.28. The first-order valence-electron chi connectivity index (χ1n) is 8.72. The highest BCUT2D eigenvalue weighted by Crippen LogP contribution is 2.29. The smallest absolute Gasteiger partial charge is 0.257 e. The Morgan fingerprint density at radius 2 is 2.31 bits per heavy atom. The molecule has 1 aliphatic heterocycles. The summed E-state index contributed by atoms with van der Waals surface area (Å²) in [6.07, 6.45) is 7.18. The van der Waals surface area contributed by atoms with Crippen LogP contribution in [0, 0.1) is 0 Å². The van der Waals surface area contributed by atoms with E-state index in [0.29, 0.717) is 17.8 Å². The average molecular weight is 351 g/mol. The molecule has 2 N–H and O–H groups in total. The molecule has 4 rings (SSSR count). The van der Waals surface area contributed by atoms with Crippen molar-refractivity contribution < 1.29 is 9.53 Å². The molecule has 1 atom stereocenters. The number of carbonyl (C=O) groups excluding carboxylic acids is 1. The number of likely N-dealkylation sites (tertiary alicyclic amines) is 1. The van der Waals surface area contributed by atoms with Gasteiger partial charge in [0.1, 0.15) is 11.6 Å². The molecule has 1 amide bonds. The summed E-state index contributed by atoms with van der Waals surface area (Å²) < 4.78 is 5.28. The molecular weight excluding hydrogens is 330 g/mol. The van der Waals surface area contributed by atoms with Gasteiger partial charge >= 0.3 is 0 Å². The van der Waals surface area contributed by atoms with Gasteiger partial charge in [0, 0.05) is 37.0 Å². The zero-order valence-electron chi connectivity index (χ0n) is 14.6. The van der Waals surface area contributed by atoms with Crippen molar-refractivity contribution >= 4 is 5.91 Å². The second kappa shape index (κ2) is 7.03. The molecule has 0 spiro atoms. The maximum atomic E-state index is 13.1. The number of rotatable bonds is 4. The van der Waals surface area contributed by atoms with Gasteiger partial charge in [-0.1, -0.05) is 12.1 Å². The van der Waals surface area contributed by atoms with Gasteiger partial charge in [-0.25, -0.2) is 4.98 Å². The lowest BCUT2D eigenvalue weighted by Gasteiger charge is -2.31. The van der Waals surface area contributed by atoms with E-state index < -0.39 is 0 Å². The number of nitrogens with zero attached hydrogens (tertiary/aromatic N) is 3. The SMILES string of the molecule is COc1cccc(-c2[nH]ncc2C(=O)N2CCC[C@H](c3ncc[nH]3)C2)c1. The molecule has 1 fully saturated rings. The fourth-order valence-electron chi connectivity index (χ4n) is 3.50. The topological polar surface area (TPSA) is 86.9 Å². The van der Waals surface area contributed by atoms with Crippen LogP contribution in [0.15, 0.2) is 42.9 Å². The predicted octanol–water partition coefficient (Wildman–Crippen LogP) is 2.83. The first kappa shape index (κ1) is 16.4. The van der Waals surface area contributed by atoms with Gasteiger partial charge in [-0.05, 0) is 25.0 Å². The number of nitrogens with one attached hydrogen (secondary N) is 2. The van der Waals surface area contributed by atoms with E-state index in [4.69, 9.17) is 4.74 Å². The van der Waals surface area contributed by atoms with E-state index in [1.54, 1.807) is 19.5 Å². The van der Waals surface area contributed by atoms with E-state index in [-0.39, 0.29) is 11.8 Å². The van der Waals surface area contributed by atoms with Crippen LogP contribution in [0.1, 0.15) is 34.9 Å². The summed E-state index contributed by atoms with van der Waals surface area (Å²) in [5.41, 5.74) is 2.18. The van der Waals surface area contributed by atoms with Gasteiger partial charge in [0.2, 0.25) is 0 Å². The van der Waals surface area contributed by atoms with Gasteiger partial charge in [0.15, 0.2) is 0 Å². The third kappa shape index (κ3) is 3.08. The molecule has 7 nitrogen and oxygen atoms in total. The number of hydrogen-bond donors (Lipinski definition) is 2. The number of carbonyl (C=O) groups is 1. The summed E-state index contributed by atoms with van der Waals surface area (Å²) in [4.78, 5) is 22.5. The molecule has 1 saturated heterocycles. The number of benzene rings is 1. The van der Waals surface area contributed by atoms with Crippen molar-refractivity contribution in [2.45, 2.75) is 18.8 Å². The Morgan fingerprint density at radius 3 is 3.12 bits per heavy atom. The van der Waals surface area contributed by atoms with Crippen molar-refractivity contribution in [3.8, 4) is 17.0 Å². The summed E-state index contributed by atoms with van der Waals surface area (Å²) >= 11 is 0. The number of amides is 1. The lowest BCUT2D eigenvalue weighted by Crippen LogP contribution is -2.39. The zero-order valence-corrected chi connectivity index (χ0v) is 14.6. The summed E-state index contributed by atoms with van der Waals surface area (Å²) in [5.74, 6) is 1.93. The van der Waals surface area contributed by atoms with Gasteiger partial charge in [-0.3, -0.25) is 9.89 Å². The number of hydrogen-bond acceptors (Lipinski definition) is 4.